The summed E-state index contributed by atoms with van der Waals surface area (Å²) in [5.41, 5.74) is -0.187. The number of ether oxygens (including phenoxy) is 1. The van der Waals surface area contributed by atoms with Crippen LogP contribution < -0.4 is 0 Å². The van der Waals surface area contributed by atoms with E-state index in [1.54, 1.807) is 0 Å². The molecule has 0 spiro atoms. The summed E-state index contributed by atoms with van der Waals surface area (Å²) in [7, 11) is -2.04. The normalized spacial score (nSPS) is 11.4. The highest BCUT2D eigenvalue weighted by atomic mass is 32.2. The molecule has 0 aliphatic carbocycles. The van der Waals surface area contributed by atoms with E-state index < -0.39 is 27.2 Å². The fourth-order valence-corrected chi connectivity index (χ4v) is 2.72. The van der Waals surface area contributed by atoms with Gasteiger partial charge in [0.1, 0.15) is 11.6 Å². The number of carbonyl (C=O) groups excluding carboxylic acids is 1. The lowest BCUT2D eigenvalue weighted by Crippen LogP contribution is -2.20. The number of benzene rings is 1. The lowest BCUT2D eigenvalue weighted by Gasteiger charge is -2.04. The Labute approximate surface area is 106 Å². The first kappa shape index (κ1) is 14.8. The standard InChI is InChI=1S/C12H15FO4S/c1-17-7-4-8-18(15,16)9-12(14)10-5-2-3-6-11(10)13/h2-3,5-6H,4,7-9H2,1H3. The molecule has 0 N–H and O–H groups in total. The van der Waals surface area contributed by atoms with E-state index in [2.05, 4.69) is 0 Å². The highest BCUT2D eigenvalue weighted by Gasteiger charge is 2.19. The largest absolute Gasteiger partial charge is 0.385 e. The summed E-state index contributed by atoms with van der Waals surface area (Å²) < 4.78 is 41.2. The Morgan fingerprint density at radius 2 is 2.00 bits per heavy atom. The number of hydrogen-bond acceptors (Lipinski definition) is 4. The van der Waals surface area contributed by atoms with Gasteiger partial charge in [-0.2, -0.15) is 0 Å². The van der Waals surface area contributed by atoms with E-state index in [0.29, 0.717) is 13.0 Å². The summed E-state index contributed by atoms with van der Waals surface area (Å²) in [5.74, 6) is -2.22. The maximum atomic E-state index is 13.3. The number of ketones is 1. The van der Waals surface area contributed by atoms with Gasteiger partial charge in [0.15, 0.2) is 15.6 Å². The van der Waals surface area contributed by atoms with Crippen molar-refractivity contribution in [3.05, 3.63) is 35.6 Å². The minimum atomic E-state index is -3.51. The molecule has 0 atom stereocenters. The quantitative estimate of drug-likeness (QED) is 0.558. The van der Waals surface area contributed by atoms with Crippen molar-refractivity contribution in [2.24, 2.45) is 0 Å². The minimum absolute atomic E-state index is 0.138. The van der Waals surface area contributed by atoms with Crippen molar-refractivity contribution in [2.75, 3.05) is 25.2 Å². The van der Waals surface area contributed by atoms with Crippen LogP contribution in [0.4, 0.5) is 4.39 Å². The number of carbonyl (C=O) groups is 1. The molecule has 0 saturated heterocycles. The van der Waals surface area contributed by atoms with Crippen LogP contribution in [0.2, 0.25) is 0 Å². The van der Waals surface area contributed by atoms with Gasteiger partial charge in [0, 0.05) is 13.7 Å². The molecule has 0 fully saturated rings. The van der Waals surface area contributed by atoms with Crippen LogP contribution in [0.25, 0.3) is 0 Å². The van der Waals surface area contributed by atoms with Gasteiger partial charge in [0.2, 0.25) is 0 Å². The molecule has 1 aromatic carbocycles. The van der Waals surface area contributed by atoms with E-state index in [1.165, 1.54) is 25.3 Å². The van der Waals surface area contributed by atoms with Crippen molar-refractivity contribution >= 4 is 15.6 Å². The summed E-state index contributed by atoms with van der Waals surface area (Å²) in [5, 5.41) is 0. The molecular weight excluding hydrogens is 259 g/mol. The number of methoxy groups -OCH3 is 1. The molecule has 6 heteroatoms. The van der Waals surface area contributed by atoms with Crippen LogP contribution >= 0.6 is 0 Å². The van der Waals surface area contributed by atoms with E-state index in [-0.39, 0.29) is 11.3 Å². The Bertz CT molecular complexity index is 511. The third-order valence-electron chi connectivity index (χ3n) is 2.33. The van der Waals surface area contributed by atoms with Gasteiger partial charge < -0.3 is 4.74 Å². The van der Waals surface area contributed by atoms with Crippen LogP contribution in [0.3, 0.4) is 0 Å². The van der Waals surface area contributed by atoms with Gasteiger partial charge in [-0.25, -0.2) is 12.8 Å². The second kappa shape index (κ2) is 6.61. The van der Waals surface area contributed by atoms with Gasteiger partial charge in [-0.3, -0.25) is 4.79 Å². The lowest BCUT2D eigenvalue weighted by molar-refractivity contribution is 0.101. The maximum Gasteiger partial charge on any atom is 0.180 e. The molecule has 100 valence electrons. The van der Waals surface area contributed by atoms with Crippen molar-refractivity contribution in [2.45, 2.75) is 6.42 Å². The molecule has 0 amide bonds. The van der Waals surface area contributed by atoms with E-state index >= 15 is 0 Å². The number of rotatable bonds is 7. The molecule has 1 rings (SSSR count). The second-order valence-electron chi connectivity index (χ2n) is 3.84. The van der Waals surface area contributed by atoms with Crippen molar-refractivity contribution in [3.63, 3.8) is 0 Å². The van der Waals surface area contributed by atoms with Crippen LogP contribution in [0.5, 0.6) is 0 Å². The van der Waals surface area contributed by atoms with E-state index in [1.807, 2.05) is 0 Å². The van der Waals surface area contributed by atoms with Crippen molar-refractivity contribution in [3.8, 4) is 0 Å². The van der Waals surface area contributed by atoms with E-state index in [0.717, 1.165) is 6.07 Å². The highest BCUT2D eigenvalue weighted by Crippen LogP contribution is 2.09. The van der Waals surface area contributed by atoms with Crippen molar-refractivity contribution in [1.82, 2.24) is 0 Å². The summed E-state index contributed by atoms with van der Waals surface area (Å²) in [6.45, 7) is 0.313. The first-order chi connectivity index (χ1) is 8.46. The highest BCUT2D eigenvalue weighted by molar-refractivity contribution is 7.92. The maximum absolute atomic E-state index is 13.3. The van der Waals surface area contributed by atoms with Crippen LogP contribution in [0.1, 0.15) is 16.8 Å². The fourth-order valence-electron chi connectivity index (χ4n) is 1.46. The SMILES string of the molecule is COCCCS(=O)(=O)CC(=O)c1ccccc1F. The van der Waals surface area contributed by atoms with E-state index in [4.69, 9.17) is 4.74 Å². The average Bonchev–Trinajstić information content (AvgIpc) is 2.29. The molecule has 0 aliphatic heterocycles. The smallest absolute Gasteiger partial charge is 0.180 e. The van der Waals surface area contributed by atoms with Crippen LogP contribution in [0, 0.1) is 5.82 Å². The Morgan fingerprint density at radius 1 is 1.33 bits per heavy atom. The summed E-state index contributed by atoms with van der Waals surface area (Å²) in [6, 6.07) is 5.35. The van der Waals surface area contributed by atoms with Gasteiger partial charge in [0.25, 0.3) is 0 Å². The number of Topliss-reactive ketones (excluding diaryl/α,β-unsaturated/α-hetero) is 1. The molecule has 0 bridgehead atoms. The van der Waals surface area contributed by atoms with Crippen molar-refractivity contribution in [1.29, 1.82) is 0 Å². The molecule has 18 heavy (non-hydrogen) atoms. The van der Waals surface area contributed by atoms with Crippen LogP contribution in [-0.2, 0) is 14.6 Å². The summed E-state index contributed by atoms with van der Waals surface area (Å²) >= 11 is 0. The Morgan fingerprint density at radius 3 is 2.61 bits per heavy atom. The van der Waals surface area contributed by atoms with Gasteiger partial charge in [-0.05, 0) is 18.6 Å². The molecule has 0 heterocycles. The Kier molecular flexibility index (Phi) is 5.43. The van der Waals surface area contributed by atoms with Gasteiger partial charge in [-0.1, -0.05) is 12.1 Å². The second-order valence-corrected chi connectivity index (χ2v) is 6.03. The fraction of sp³-hybridized carbons (Fsp3) is 0.417. The molecule has 0 unspecified atom stereocenters. The van der Waals surface area contributed by atoms with Gasteiger partial charge >= 0.3 is 0 Å². The minimum Gasteiger partial charge on any atom is -0.385 e. The van der Waals surface area contributed by atoms with Crippen LogP contribution in [0.15, 0.2) is 24.3 Å². The topological polar surface area (TPSA) is 60.4 Å². The summed E-state index contributed by atoms with van der Waals surface area (Å²) in [4.78, 5) is 11.7. The molecule has 0 aliphatic rings. The first-order valence-electron chi connectivity index (χ1n) is 5.43. The number of sulfone groups is 1. The third kappa shape index (κ3) is 4.54. The number of halogens is 1. The van der Waals surface area contributed by atoms with Gasteiger partial charge in [0.05, 0.1) is 11.3 Å². The zero-order chi connectivity index (χ0) is 13.6. The predicted molar refractivity (Wildman–Crippen MR) is 65.9 cm³/mol. The zero-order valence-electron chi connectivity index (χ0n) is 10.1. The molecular formula is C12H15FO4S. The lowest BCUT2D eigenvalue weighted by atomic mass is 10.1. The first-order valence-corrected chi connectivity index (χ1v) is 7.25. The van der Waals surface area contributed by atoms with Crippen LogP contribution in [-0.4, -0.2) is 39.4 Å². The molecule has 0 radical (unpaired) electrons. The van der Waals surface area contributed by atoms with Crippen molar-refractivity contribution < 1.29 is 22.3 Å². The Balaban J connectivity index is 2.68. The monoisotopic (exact) mass is 274 g/mol. The average molecular weight is 274 g/mol. The predicted octanol–water partition coefficient (Wildman–Crippen LogP) is 1.46. The number of hydrogen-bond donors (Lipinski definition) is 0. The Hall–Kier alpha value is -1.27. The van der Waals surface area contributed by atoms with E-state index in [9.17, 15) is 17.6 Å². The molecule has 0 aromatic heterocycles. The summed E-state index contributed by atoms with van der Waals surface area (Å²) in [6.07, 6.45) is 0.323. The molecule has 0 saturated carbocycles. The van der Waals surface area contributed by atoms with Gasteiger partial charge in [-0.15, -0.1) is 0 Å². The zero-order valence-corrected chi connectivity index (χ0v) is 10.9. The molecule has 1 aromatic rings. The molecule has 4 nitrogen and oxygen atoms in total. The third-order valence-corrected chi connectivity index (χ3v) is 3.94.